The van der Waals surface area contributed by atoms with Crippen molar-refractivity contribution in [2.75, 3.05) is 0 Å². The Balaban J connectivity index is 1.94. The van der Waals surface area contributed by atoms with Gasteiger partial charge in [-0.2, -0.15) is 0 Å². The van der Waals surface area contributed by atoms with E-state index in [9.17, 15) is 9.59 Å². The number of carbonyl (C=O) groups is 2. The maximum Gasteiger partial charge on any atom is 0.305 e. The standard InChI is InChI=1S/C18H20N2O3/c1-12-7-8-13-5-4-6-14(16(13)19-12)17(23)20-18(11-15(21)22)9-2-3-10-18/h4-8H,2-3,9-11H2,1H3,(H,20,23)(H,21,22). The maximum absolute atomic E-state index is 12.8. The van der Waals surface area contributed by atoms with E-state index in [1.165, 1.54) is 0 Å². The van der Waals surface area contributed by atoms with Crippen molar-refractivity contribution in [1.29, 1.82) is 0 Å². The number of hydrogen-bond donors (Lipinski definition) is 2. The molecule has 0 radical (unpaired) electrons. The third kappa shape index (κ3) is 3.18. The lowest BCUT2D eigenvalue weighted by Crippen LogP contribution is -2.47. The number of aryl methyl sites for hydroxylation is 1. The Kier molecular flexibility index (Phi) is 4.03. The molecule has 3 rings (SSSR count). The summed E-state index contributed by atoms with van der Waals surface area (Å²) in [5.74, 6) is -1.11. The molecule has 0 unspecified atom stereocenters. The number of amides is 1. The number of nitrogens with one attached hydrogen (secondary N) is 1. The van der Waals surface area contributed by atoms with Crippen LogP contribution in [-0.2, 0) is 4.79 Å². The molecule has 2 aromatic rings. The highest BCUT2D eigenvalue weighted by atomic mass is 16.4. The van der Waals surface area contributed by atoms with Crippen LogP contribution in [0.2, 0.25) is 0 Å². The molecule has 1 aliphatic rings. The number of para-hydroxylation sites is 1. The highest BCUT2D eigenvalue weighted by molar-refractivity contribution is 6.05. The second-order valence-corrected chi connectivity index (χ2v) is 6.34. The molecule has 1 heterocycles. The van der Waals surface area contributed by atoms with E-state index >= 15 is 0 Å². The largest absolute Gasteiger partial charge is 0.481 e. The number of aromatic nitrogens is 1. The number of aliphatic carboxylic acids is 1. The second kappa shape index (κ2) is 5.99. The summed E-state index contributed by atoms with van der Waals surface area (Å²) in [4.78, 5) is 28.4. The van der Waals surface area contributed by atoms with Gasteiger partial charge in [0, 0.05) is 11.1 Å². The fourth-order valence-corrected chi connectivity index (χ4v) is 3.42. The van der Waals surface area contributed by atoms with E-state index in [0.29, 0.717) is 23.9 Å². The van der Waals surface area contributed by atoms with Crippen LogP contribution in [0.1, 0.15) is 48.2 Å². The first-order chi connectivity index (χ1) is 11.0. The molecule has 1 aliphatic carbocycles. The summed E-state index contributed by atoms with van der Waals surface area (Å²) in [7, 11) is 0. The average Bonchev–Trinajstić information content (AvgIpc) is 2.93. The Labute approximate surface area is 134 Å². The molecule has 1 amide bonds. The highest BCUT2D eigenvalue weighted by Crippen LogP contribution is 2.33. The van der Waals surface area contributed by atoms with Gasteiger partial charge in [0.15, 0.2) is 0 Å². The molecule has 120 valence electrons. The summed E-state index contributed by atoms with van der Waals surface area (Å²) < 4.78 is 0. The highest BCUT2D eigenvalue weighted by Gasteiger charge is 2.37. The molecule has 2 N–H and O–H groups in total. The molecule has 1 aromatic heterocycles. The molecule has 1 aromatic carbocycles. The first kappa shape index (κ1) is 15.5. The van der Waals surface area contributed by atoms with E-state index in [-0.39, 0.29) is 12.3 Å². The molecule has 0 saturated heterocycles. The lowest BCUT2D eigenvalue weighted by atomic mass is 9.92. The van der Waals surface area contributed by atoms with Gasteiger partial charge in [0.1, 0.15) is 0 Å². The van der Waals surface area contributed by atoms with E-state index in [0.717, 1.165) is 23.9 Å². The molecule has 5 nitrogen and oxygen atoms in total. The molecule has 0 aliphatic heterocycles. The van der Waals surface area contributed by atoms with Crippen LogP contribution in [0.15, 0.2) is 30.3 Å². The fraction of sp³-hybridized carbons (Fsp3) is 0.389. The number of nitrogens with zero attached hydrogens (tertiary/aromatic N) is 1. The maximum atomic E-state index is 12.8. The van der Waals surface area contributed by atoms with Crippen LogP contribution in [-0.4, -0.2) is 27.5 Å². The Hall–Kier alpha value is -2.43. The smallest absolute Gasteiger partial charge is 0.305 e. The summed E-state index contributed by atoms with van der Waals surface area (Å²) in [6.07, 6.45) is 3.28. The minimum Gasteiger partial charge on any atom is -0.481 e. The van der Waals surface area contributed by atoms with E-state index in [1.807, 2.05) is 31.2 Å². The predicted molar refractivity (Wildman–Crippen MR) is 87.4 cm³/mol. The number of fused-ring (bicyclic) bond motifs is 1. The van der Waals surface area contributed by atoms with Crippen LogP contribution in [0.25, 0.3) is 10.9 Å². The van der Waals surface area contributed by atoms with Crippen molar-refractivity contribution in [1.82, 2.24) is 10.3 Å². The first-order valence-corrected chi connectivity index (χ1v) is 7.90. The molecule has 23 heavy (non-hydrogen) atoms. The quantitative estimate of drug-likeness (QED) is 0.909. The summed E-state index contributed by atoms with van der Waals surface area (Å²) in [5.41, 5.74) is 1.38. The van der Waals surface area contributed by atoms with Gasteiger partial charge in [-0.05, 0) is 31.9 Å². The Morgan fingerprint density at radius 1 is 1.22 bits per heavy atom. The topological polar surface area (TPSA) is 79.3 Å². The fourth-order valence-electron chi connectivity index (χ4n) is 3.42. The van der Waals surface area contributed by atoms with Crippen molar-refractivity contribution in [3.05, 3.63) is 41.6 Å². The van der Waals surface area contributed by atoms with Crippen molar-refractivity contribution < 1.29 is 14.7 Å². The normalized spacial score (nSPS) is 16.4. The van der Waals surface area contributed by atoms with Crippen molar-refractivity contribution in [3.63, 3.8) is 0 Å². The molecular formula is C18H20N2O3. The molecule has 0 atom stereocenters. The molecule has 5 heteroatoms. The third-order valence-electron chi connectivity index (χ3n) is 4.53. The Morgan fingerprint density at radius 3 is 2.65 bits per heavy atom. The summed E-state index contributed by atoms with van der Waals surface area (Å²) in [6.45, 7) is 1.89. The monoisotopic (exact) mass is 312 g/mol. The van der Waals surface area contributed by atoms with E-state index in [2.05, 4.69) is 10.3 Å². The average molecular weight is 312 g/mol. The number of carboxylic acids is 1. The van der Waals surface area contributed by atoms with E-state index < -0.39 is 11.5 Å². The summed E-state index contributed by atoms with van der Waals surface area (Å²) in [5, 5.41) is 13.1. The van der Waals surface area contributed by atoms with Gasteiger partial charge < -0.3 is 10.4 Å². The second-order valence-electron chi connectivity index (χ2n) is 6.34. The minimum atomic E-state index is -0.876. The number of pyridine rings is 1. The third-order valence-corrected chi connectivity index (χ3v) is 4.53. The van der Waals surface area contributed by atoms with Crippen molar-refractivity contribution in [2.24, 2.45) is 0 Å². The summed E-state index contributed by atoms with van der Waals surface area (Å²) >= 11 is 0. The van der Waals surface area contributed by atoms with Crippen LogP contribution in [0.4, 0.5) is 0 Å². The van der Waals surface area contributed by atoms with Gasteiger partial charge in [-0.1, -0.05) is 31.0 Å². The number of rotatable bonds is 4. The van der Waals surface area contributed by atoms with Crippen LogP contribution >= 0.6 is 0 Å². The van der Waals surface area contributed by atoms with Gasteiger partial charge >= 0.3 is 5.97 Å². The Bertz CT molecular complexity index is 764. The molecule has 0 spiro atoms. The number of carbonyl (C=O) groups excluding carboxylic acids is 1. The zero-order chi connectivity index (χ0) is 16.4. The van der Waals surface area contributed by atoms with Crippen LogP contribution in [0.5, 0.6) is 0 Å². The predicted octanol–water partition coefficient (Wildman–Crippen LogP) is 3.06. The van der Waals surface area contributed by atoms with Gasteiger partial charge in [-0.25, -0.2) is 0 Å². The SMILES string of the molecule is Cc1ccc2cccc(C(=O)NC3(CC(=O)O)CCCC3)c2n1. The molecule has 1 fully saturated rings. The van der Waals surface area contributed by atoms with Crippen LogP contribution in [0, 0.1) is 6.92 Å². The van der Waals surface area contributed by atoms with Gasteiger partial charge in [-0.3, -0.25) is 14.6 Å². The summed E-state index contributed by atoms with van der Waals surface area (Å²) in [6, 6.07) is 9.34. The van der Waals surface area contributed by atoms with Crippen molar-refractivity contribution in [3.8, 4) is 0 Å². The van der Waals surface area contributed by atoms with Crippen LogP contribution in [0.3, 0.4) is 0 Å². The van der Waals surface area contributed by atoms with Gasteiger partial charge in [0.05, 0.1) is 23.0 Å². The number of benzene rings is 1. The van der Waals surface area contributed by atoms with E-state index in [1.54, 1.807) is 6.07 Å². The van der Waals surface area contributed by atoms with Crippen molar-refractivity contribution >= 4 is 22.8 Å². The minimum absolute atomic E-state index is 0.0318. The molecular weight excluding hydrogens is 292 g/mol. The molecule has 0 bridgehead atoms. The number of hydrogen-bond acceptors (Lipinski definition) is 3. The van der Waals surface area contributed by atoms with Gasteiger partial charge in [0.25, 0.3) is 5.91 Å². The molecule has 1 saturated carbocycles. The lowest BCUT2D eigenvalue weighted by molar-refractivity contribution is -0.138. The van der Waals surface area contributed by atoms with E-state index in [4.69, 9.17) is 5.11 Å². The lowest BCUT2D eigenvalue weighted by Gasteiger charge is -2.28. The van der Waals surface area contributed by atoms with Crippen molar-refractivity contribution in [2.45, 2.75) is 44.6 Å². The zero-order valence-electron chi connectivity index (χ0n) is 13.1. The van der Waals surface area contributed by atoms with Gasteiger partial charge in [-0.15, -0.1) is 0 Å². The first-order valence-electron chi connectivity index (χ1n) is 7.90. The van der Waals surface area contributed by atoms with Crippen LogP contribution < -0.4 is 5.32 Å². The zero-order valence-corrected chi connectivity index (χ0v) is 13.1. The van der Waals surface area contributed by atoms with Gasteiger partial charge in [0.2, 0.25) is 0 Å². The Morgan fingerprint density at radius 2 is 1.96 bits per heavy atom. The number of carboxylic acid groups (broad SMARTS) is 1.